The molecule has 0 bridgehead atoms. The van der Waals surface area contributed by atoms with Crippen LogP contribution in [0.25, 0.3) is 0 Å². The molecular formula is C25H18FNO5. The highest BCUT2D eigenvalue weighted by Gasteiger charge is 2.36. The zero-order valence-corrected chi connectivity index (χ0v) is 16.9. The number of nitro benzene ring substituents is 1. The van der Waals surface area contributed by atoms with E-state index in [0.29, 0.717) is 18.3 Å². The van der Waals surface area contributed by atoms with Crippen molar-refractivity contribution in [2.75, 3.05) is 0 Å². The number of aldehydes is 1. The molecule has 1 aliphatic carbocycles. The zero-order chi connectivity index (χ0) is 22.8. The van der Waals surface area contributed by atoms with Crippen LogP contribution in [0.15, 0.2) is 78.9 Å². The summed E-state index contributed by atoms with van der Waals surface area (Å²) in [5, 5.41) is 10.9. The monoisotopic (exact) mass is 431 g/mol. The number of carbonyl (C=O) groups excluding carboxylic acids is 2. The molecule has 32 heavy (non-hydrogen) atoms. The Bertz CT molecular complexity index is 1240. The zero-order valence-electron chi connectivity index (χ0n) is 16.9. The fourth-order valence-corrected chi connectivity index (χ4v) is 4.04. The highest BCUT2D eigenvalue weighted by atomic mass is 19.1. The number of hydrogen-bond donors (Lipinski definition) is 0. The lowest BCUT2D eigenvalue weighted by Gasteiger charge is -2.28. The Kier molecular flexibility index (Phi) is 5.64. The Balaban J connectivity index is 1.82. The molecule has 160 valence electrons. The Hall–Kier alpha value is -4.13. The molecule has 7 heteroatoms. The second kappa shape index (κ2) is 8.55. The standard InChI is InChI=1S/C25H18FNO5/c1-15(14-28)23-21-5-3-2-4-17(21)12-18-6-9-19(26)13-22(18)24(23)32-25(29)16-7-10-20(11-8-16)27(30)31/h2-11,13-14,23-24H,1,12H2/t23-,24-/m1/s1. The average Bonchev–Trinajstić information content (AvgIpc) is 2.93. The molecule has 0 amide bonds. The molecule has 0 heterocycles. The van der Waals surface area contributed by atoms with Gasteiger partial charge in [-0.3, -0.25) is 14.9 Å². The van der Waals surface area contributed by atoms with Gasteiger partial charge < -0.3 is 4.74 Å². The topological polar surface area (TPSA) is 86.5 Å². The van der Waals surface area contributed by atoms with Gasteiger partial charge in [-0.25, -0.2) is 9.18 Å². The third-order valence-electron chi connectivity index (χ3n) is 5.59. The van der Waals surface area contributed by atoms with E-state index in [1.807, 2.05) is 24.3 Å². The van der Waals surface area contributed by atoms with E-state index in [1.165, 1.54) is 36.4 Å². The number of carbonyl (C=O) groups is 2. The smallest absolute Gasteiger partial charge is 0.338 e. The Morgan fingerprint density at radius 2 is 1.75 bits per heavy atom. The molecule has 0 radical (unpaired) electrons. The molecule has 0 saturated carbocycles. The summed E-state index contributed by atoms with van der Waals surface area (Å²) in [7, 11) is 0. The Morgan fingerprint density at radius 3 is 2.44 bits per heavy atom. The second-order valence-corrected chi connectivity index (χ2v) is 7.52. The van der Waals surface area contributed by atoms with E-state index in [9.17, 15) is 24.1 Å². The van der Waals surface area contributed by atoms with Crippen LogP contribution in [0, 0.1) is 15.9 Å². The molecular weight excluding hydrogens is 413 g/mol. The lowest BCUT2D eigenvalue weighted by molar-refractivity contribution is -0.384. The van der Waals surface area contributed by atoms with Gasteiger partial charge in [0, 0.05) is 12.1 Å². The number of esters is 1. The highest BCUT2D eigenvalue weighted by Crippen LogP contribution is 2.45. The number of rotatable bonds is 5. The summed E-state index contributed by atoms with van der Waals surface area (Å²) in [5.41, 5.74) is 3.03. The van der Waals surface area contributed by atoms with Gasteiger partial charge in [-0.05, 0) is 58.5 Å². The number of ether oxygens (including phenoxy) is 1. The van der Waals surface area contributed by atoms with Crippen LogP contribution in [-0.4, -0.2) is 17.2 Å². The molecule has 4 rings (SSSR count). The predicted octanol–water partition coefficient (Wildman–Crippen LogP) is 5.08. The first-order chi connectivity index (χ1) is 15.4. The number of hydrogen-bond acceptors (Lipinski definition) is 5. The van der Waals surface area contributed by atoms with Crippen LogP contribution in [0.1, 0.15) is 44.6 Å². The Morgan fingerprint density at radius 1 is 1.06 bits per heavy atom. The molecule has 1 aliphatic rings. The molecule has 0 unspecified atom stereocenters. The summed E-state index contributed by atoms with van der Waals surface area (Å²) in [5.74, 6) is -1.96. The van der Waals surface area contributed by atoms with Crippen molar-refractivity contribution in [3.8, 4) is 0 Å². The summed E-state index contributed by atoms with van der Waals surface area (Å²) in [6.45, 7) is 3.87. The van der Waals surface area contributed by atoms with Crippen molar-refractivity contribution in [3.63, 3.8) is 0 Å². The first-order valence-electron chi connectivity index (χ1n) is 9.84. The van der Waals surface area contributed by atoms with Crippen molar-refractivity contribution in [3.05, 3.63) is 123 Å². The quantitative estimate of drug-likeness (QED) is 0.185. The van der Waals surface area contributed by atoms with E-state index >= 15 is 0 Å². The molecule has 0 aliphatic heterocycles. The molecule has 0 spiro atoms. The maximum atomic E-state index is 14.2. The van der Waals surface area contributed by atoms with Gasteiger partial charge in [0.1, 0.15) is 18.2 Å². The van der Waals surface area contributed by atoms with Crippen molar-refractivity contribution in [2.24, 2.45) is 0 Å². The number of nitrogens with zero attached hydrogens (tertiary/aromatic N) is 1. The number of fused-ring (bicyclic) bond motifs is 2. The summed E-state index contributed by atoms with van der Waals surface area (Å²) >= 11 is 0. The number of halogens is 1. The normalized spacial score (nSPS) is 16.8. The maximum Gasteiger partial charge on any atom is 0.338 e. The molecule has 3 aromatic carbocycles. The van der Waals surface area contributed by atoms with Gasteiger partial charge in [0.15, 0.2) is 0 Å². The van der Waals surface area contributed by atoms with E-state index in [4.69, 9.17) is 4.74 Å². The number of benzene rings is 3. The van der Waals surface area contributed by atoms with Gasteiger partial charge >= 0.3 is 5.97 Å². The van der Waals surface area contributed by atoms with E-state index in [0.717, 1.165) is 16.7 Å². The van der Waals surface area contributed by atoms with Gasteiger partial charge in [-0.2, -0.15) is 0 Å². The molecule has 0 aromatic heterocycles. The van der Waals surface area contributed by atoms with Crippen LogP contribution in [0.2, 0.25) is 0 Å². The van der Waals surface area contributed by atoms with Crippen LogP contribution < -0.4 is 0 Å². The van der Waals surface area contributed by atoms with Gasteiger partial charge in [-0.1, -0.05) is 36.9 Å². The molecule has 0 saturated heterocycles. The van der Waals surface area contributed by atoms with E-state index in [2.05, 4.69) is 6.58 Å². The minimum absolute atomic E-state index is 0.0987. The maximum absolute atomic E-state index is 14.2. The van der Waals surface area contributed by atoms with Gasteiger partial charge in [-0.15, -0.1) is 0 Å². The minimum atomic E-state index is -1.01. The summed E-state index contributed by atoms with van der Waals surface area (Å²) in [6, 6.07) is 16.7. The lowest BCUT2D eigenvalue weighted by atomic mass is 9.84. The summed E-state index contributed by atoms with van der Waals surface area (Å²) in [4.78, 5) is 35.0. The SMILES string of the molecule is C=C(C=O)[C@@H]1c2ccccc2Cc2ccc(F)cc2[C@H]1OC(=O)c1ccc([N+](=O)[O-])cc1. The fourth-order valence-electron chi connectivity index (χ4n) is 4.04. The average molecular weight is 431 g/mol. The molecule has 2 atom stereocenters. The van der Waals surface area contributed by atoms with Crippen molar-refractivity contribution in [1.82, 2.24) is 0 Å². The summed E-state index contributed by atoms with van der Waals surface area (Å²) < 4.78 is 20.1. The molecule has 0 fully saturated rings. The fraction of sp³-hybridized carbons (Fsp3) is 0.120. The lowest BCUT2D eigenvalue weighted by Crippen LogP contribution is -2.21. The largest absolute Gasteiger partial charge is 0.453 e. The van der Waals surface area contributed by atoms with E-state index in [-0.39, 0.29) is 16.8 Å². The number of non-ortho nitro benzene ring substituents is 1. The van der Waals surface area contributed by atoms with Crippen LogP contribution in [0.5, 0.6) is 0 Å². The van der Waals surface area contributed by atoms with Gasteiger partial charge in [0.2, 0.25) is 0 Å². The van der Waals surface area contributed by atoms with Gasteiger partial charge in [0.25, 0.3) is 5.69 Å². The van der Waals surface area contributed by atoms with E-state index < -0.39 is 28.7 Å². The second-order valence-electron chi connectivity index (χ2n) is 7.52. The van der Waals surface area contributed by atoms with Crippen molar-refractivity contribution in [1.29, 1.82) is 0 Å². The van der Waals surface area contributed by atoms with Crippen molar-refractivity contribution >= 4 is 17.9 Å². The van der Waals surface area contributed by atoms with Crippen LogP contribution in [0.4, 0.5) is 10.1 Å². The van der Waals surface area contributed by atoms with Crippen LogP contribution in [0.3, 0.4) is 0 Å². The number of nitro groups is 1. The molecule has 0 N–H and O–H groups in total. The first kappa shape index (κ1) is 21.1. The molecule has 3 aromatic rings. The third-order valence-corrected chi connectivity index (χ3v) is 5.59. The van der Waals surface area contributed by atoms with Crippen LogP contribution in [-0.2, 0) is 16.0 Å². The predicted molar refractivity (Wildman–Crippen MR) is 115 cm³/mol. The summed E-state index contributed by atoms with van der Waals surface area (Å²) in [6.07, 6.45) is 0.0723. The molecule has 6 nitrogen and oxygen atoms in total. The van der Waals surface area contributed by atoms with Crippen molar-refractivity contribution < 1.29 is 23.6 Å². The highest BCUT2D eigenvalue weighted by molar-refractivity contribution is 5.90. The van der Waals surface area contributed by atoms with Crippen LogP contribution >= 0.6 is 0 Å². The van der Waals surface area contributed by atoms with E-state index in [1.54, 1.807) is 6.07 Å². The first-order valence-corrected chi connectivity index (χ1v) is 9.84. The third kappa shape index (κ3) is 3.92. The minimum Gasteiger partial charge on any atom is -0.453 e. The van der Waals surface area contributed by atoms with Crippen molar-refractivity contribution in [2.45, 2.75) is 18.4 Å². The Labute approximate surface area is 183 Å². The van der Waals surface area contributed by atoms with Gasteiger partial charge in [0.05, 0.1) is 16.4 Å².